The highest BCUT2D eigenvalue weighted by atomic mass is 32.2. The molecule has 108 valence electrons. The molecule has 2 aliphatic carbocycles. The standard InChI is InChI=1S/C15H26N2OS/c1-15(2,16)11-19-10-14(18)17(13-8-9-13)12-6-4-3-5-7-12/h6,13H,3-5,7-11,16H2,1-2H3. The fraction of sp³-hybridized carbons (Fsp3) is 0.800. The number of carbonyl (C=O) groups excluding carboxylic acids is 1. The molecule has 1 fully saturated rings. The Labute approximate surface area is 121 Å². The summed E-state index contributed by atoms with van der Waals surface area (Å²) in [6.45, 7) is 4.01. The summed E-state index contributed by atoms with van der Waals surface area (Å²) >= 11 is 1.66. The number of hydrogen-bond donors (Lipinski definition) is 1. The zero-order valence-electron chi connectivity index (χ0n) is 12.2. The van der Waals surface area contributed by atoms with E-state index in [1.54, 1.807) is 11.8 Å². The van der Waals surface area contributed by atoms with Gasteiger partial charge in [-0.15, -0.1) is 0 Å². The summed E-state index contributed by atoms with van der Waals surface area (Å²) in [7, 11) is 0. The first-order valence-electron chi connectivity index (χ1n) is 7.35. The third-order valence-corrected chi connectivity index (χ3v) is 4.86. The largest absolute Gasteiger partial charge is 0.325 e. The van der Waals surface area contributed by atoms with E-state index in [-0.39, 0.29) is 11.4 Å². The van der Waals surface area contributed by atoms with E-state index in [1.807, 2.05) is 13.8 Å². The number of amides is 1. The molecule has 0 aromatic carbocycles. The SMILES string of the molecule is CC(C)(N)CSCC(=O)N(C1=CCCCC1)C1CC1. The molecule has 3 nitrogen and oxygen atoms in total. The Balaban J connectivity index is 1.88. The molecule has 1 amide bonds. The van der Waals surface area contributed by atoms with Crippen molar-refractivity contribution in [2.75, 3.05) is 11.5 Å². The molecule has 0 aromatic heterocycles. The lowest BCUT2D eigenvalue weighted by atomic mass is 10.0. The van der Waals surface area contributed by atoms with Crippen molar-refractivity contribution in [3.8, 4) is 0 Å². The van der Waals surface area contributed by atoms with Crippen LogP contribution in [0.25, 0.3) is 0 Å². The van der Waals surface area contributed by atoms with Crippen molar-refractivity contribution in [1.29, 1.82) is 0 Å². The van der Waals surface area contributed by atoms with Crippen LogP contribution >= 0.6 is 11.8 Å². The van der Waals surface area contributed by atoms with Gasteiger partial charge in [0.05, 0.1) is 5.75 Å². The highest BCUT2D eigenvalue weighted by Gasteiger charge is 2.34. The van der Waals surface area contributed by atoms with Crippen LogP contribution in [0.1, 0.15) is 52.4 Å². The second-order valence-electron chi connectivity index (χ2n) is 6.42. The third-order valence-electron chi connectivity index (χ3n) is 3.46. The fourth-order valence-corrected chi connectivity index (χ4v) is 3.38. The Morgan fingerprint density at radius 1 is 1.47 bits per heavy atom. The van der Waals surface area contributed by atoms with Crippen molar-refractivity contribution in [3.05, 3.63) is 11.8 Å². The van der Waals surface area contributed by atoms with Gasteiger partial charge in [-0.3, -0.25) is 4.79 Å². The average Bonchev–Trinajstić information content (AvgIpc) is 3.13. The maximum absolute atomic E-state index is 12.4. The molecule has 0 aliphatic heterocycles. The quantitative estimate of drug-likeness (QED) is 0.815. The van der Waals surface area contributed by atoms with Crippen LogP contribution < -0.4 is 5.73 Å². The lowest BCUT2D eigenvalue weighted by Crippen LogP contribution is -2.37. The number of thioether (sulfide) groups is 1. The van der Waals surface area contributed by atoms with Crippen LogP contribution in [-0.2, 0) is 4.79 Å². The van der Waals surface area contributed by atoms with E-state index < -0.39 is 0 Å². The van der Waals surface area contributed by atoms with Crippen molar-refractivity contribution >= 4 is 17.7 Å². The molecule has 0 saturated heterocycles. The summed E-state index contributed by atoms with van der Waals surface area (Å²) in [5.74, 6) is 1.68. The Hall–Kier alpha value is -0.480. The van der Waals surface area contributed by atoms with Gasteiger partial charge in [0.2, 0.25) is 5.91 Å². The summed E-state index contributed by atoms with van der Waals surface area (Å²) < 4.78 is 0. The summed E-state index contributed by atoms with van der Waals surface area (Å²) in [5, 5.41) is 0. The number of carbonyl (C=O) groups is 1. The van der Waals surface area contributed by atoms with E-state index in [9.17, 15) is 4.79 Å². The van der Waals surface area contributed by atoms with Crippen LogP contribution in [0.5, 0.6) is 0 Å². The van der Waals surface area contributed by atoms with Crippen molar-refractivity contribution in [3.63, 3.8) is 0 Å². The van der Waals surface area contributed by atoms with Crippen LogP contribution in [0.3, 0.4) is 0 Å². The maximum atomic E-state index is 12.4. The molecule has 0 unspecified atom stereocenters. The Morgan fingerprint density at radius 3 is 2.74 bits per heavy atom. The highest BCUT2D eigenvalue weighted by molar-refractivity contribution is 8.00. The van der Waals surface area contributed by atoms with Gasteiger partial charge >= 0.3 is 0 Å². The van der Waals surface area contributed by atoms with Gasteiger partial charge < -0.3 is 10.6 Å². The van der Waals surface area contributed by atoms with Gasteiger partial charge in [0.1, 0.15) is 0 Å². The first-order valence-corrected chi connectivity index (χ1v) is 8.50. The molecule has 0 radical (unpaired) electrons. The predicted octanol–water partition coefficient (Wildman–Crippen LogP) is 2.91. The molecule has 2 rings (SSSR count). The summed E-state index contributed by atoms with van der Waals surface area (Å²) in [6.07, 6.45) is 9.34. The molecule has 0 atom stereocenters. The summed E-state index contributed by atoms with van der Waals surface area (Å²) in [5.41, 5.74) is 7.04. The van der Waals surface area contributed by atoms with E-state index in [0.29, 0.717) is 11.8 Å². The number of nitrogens with zero attached hydrogens (tertiary/aromatic N) is 1. The second kappa shape index (κ2) is 6.31. The molecule has 1 saturated carbocycles. The Kier molecular flexibility index (Phi) is 4.96. The molecule has 4 heteroatoms. The lowest BCUT2D eigenvalue weighted by molar-refractivity contribution is -0.127. The van der Waals surface area contributed by atoms with Crippen molar-refractivity contribution in [2.24, 2.45) is 5.73 Å². The number of allylic oxidation sites excluding steroid dienone is 2. The summed E-state index contributed by atoms with van der Waals surface area (Å²) in [6, 6.07) is 0.489. The molecule has 2 N–H and O–H groups in total. The van der Waals surface area contributed by atoms with Crippen LogP contribution in [0.15, 0.2) is 11.8 Å². The second-order valence-corrected chi connectivity index (χ2v) is 7.40. The topological polar surface area (TPSA) is 46.3 Å². The lowest BCUT2D eigenvalue weighted by Gasteiger charge is -2.28. The van der Waals surface area contributed by atoms with Gasteiger partial charge in [0.25, 0.3) is 0 Å². The Morgan fingerprint density at radius 2 is 2.21 bits per heavy atom. The van der Waals surface area contributed by atoms with Gasteiger partial charge in [-0.05, 0) is 52.4 Å². The monoisotopic (exact) mass is 282 g/mol. The smallest absolute Gasteiger partial charge is 0.236 e. The molecular formula is C15H26N2OS. The molecule has 2 aliphatic rings. The number of nitrogens with two attached hydrogens (primary N) is 1. The van der Waals surface area contributed by atoms with Gasteiger partial charge in [0, 0.05) is 23.0 Å². The van der Waals surface area contributed by atoms with E-state index in [2.05, 4.69) is 11.0 Å². The third kappa shape index (κ3) is 4.84. The highest BCUT2D eigenvalue weighted by Crippen LogP contribution is 2.34. The van der Waals surface area contributed by atoms with Gasteiger partial charge in [0.15, 0.2) is 0 Å². The van der Waals surface area contributed by atoms with Gasteiger partial charge in [-0.2, -0.15) is 11.8 Å². The molecule has 0 spiro atoms. The van der Waals surface area contributed by atoms with Crippen LogP contribution in [-0.4, -0.2) is 33.9 Å². The first-order chi connectivity index (χ1) is 8.97. The maximum Gasteiger partial charge on any atom is 0.236 e. The first kappa shape index (κ1) is 14.9. The zero-order valence-corrected chi connectivity index (χ0v) is 13.0. The van der Waals surface area contributed by atoms with Crippen molar-refractivity contribution in [2.45, 2.75) is 64.0 Å². The van der Waals surface area contributed by atoms with Crippen LogP contribution in [0, 0.1) is 0 Å². The average molecular weight is 282 g/mol. The predicted molar refractivity (Wildman–Crippen MR) is 82.0 cm³/mol. The molecule has 0 bridgehead atoms. The van der Waals surface area contributed by atoms with Crippen molar-refractivity contribution in [1.82, 2.24) is 4.90 Å². The molecule has 0 heterocycles. The molecule has 0 aromatic rings. The summed E-state index contributed by atoms with van der Waals surface area (Å²) in [4.78, 5) is 14.5. The minimum Gasteiger partial charge on any atom is -0.325 e. The fourth-order valence-electron chi connectivity index (χ4n) is 2.44. The normalized spacial score (nSPS) is 20.1. The van der Waals surface area contributed by atoms with Crippen LogP contribution in [0.4, 0.5) is 0 Å². The van der Waals surface area contributed by atoms with E-state index in [0.717, 1.165) is 18.6 Å². The van der Waals surface area contributed by atoms with E-state index >= 15 is 0 Å². The number of hydrogen-bond acceptors (Lipinski definition) is 3. The minimum absolute atomic E-state index is 0.195. The van der Waals surface area contributed by atoms with Gasteiger partial charge in [-0.1, -0.05) is 6.08 Å². The van der Waals surface area contributed by atoms with Gasteiger partial charge in [-0.25, -0.2) is 0 Å². The molecular weight excluding hydrogens is 256 g/mol. The molecule has 19 heavy (non-hydrogen) atoms. The zero-order chi connectivity index (χ0) is 13.9. The van der Waals surface area contributed by atoms with Crippen LogP contribution in [0.2, 0.25) is 0 Å². The Bertz CT molecular complexity index is 356. The number of rotatable bonds is 6. The minimum atomic E-state index is -0.195. The van der Waals surface area contributed by atoms with E-state index in [1.165, 1.54) is 31.4 Å². The van der Waals surface area contributed by atoms with E-state index in [4.69, 9.17) is 5.73 Å². The van der Waals surface area contributed by atoms with Crippen molar-refractivity contribution < 1.29 is 4.79 Å².